The Bertz CT molecular complexity index is 1190. The Hall–Kier alpha value is -3.23. The minimum atomic E-state index is -0.880. The number of carboxylic acids is 1. The number of carboxylic acid groups (broad SMARTS) is 1. The molecule has 0 spiro atoms. The number of quaternary nitrogens is 1. The number of esters is 2. The van der Waals surface area contributed by atoms with Gasteiger partial charge in [-0.25, -0.2) is 4.79 Å². The van der Waals surface area contributed by atoms with E-state index in [-0.39, 0.29) is 36.2 Å². The van der Waals surface area contributed by atoms with Gasteiger partial charge in [-0.2, -0.15) is 0 Å². The van der Waals surface area contributed by atoms with Crippen molar-refractivity contribution in [2.75, 3.05) is 41.0 Å². The molecule has 0 saturated heterocycles. The summed E-state index contributed by atoms with van der Waals surface area (Å²) in [5.74, 6) is -1.49. The molecule has 338 valence electrons. The van der Waals surface area contributed by atoms with Gasteiger partial charge < -0.3 is 23.8 Å². The molecule has 8 heteroatoms. The quantitative estimate of drug-likeness (QED) is 0.0215. The summed E-state index contributed by atoms with van der Waals surface area (Å²) in [7, 11) is 5.52. The minimum absolute atomic E-state index is 0.0526. The molecule has 0 fully saturated rings. The van der Waals surface area contributed by atoms with Crippen molar-refractivity contribution in [3.05, 3.63) is 72.9 Å². The highest BCUT2D eigenvalue weighted by Crippen LogP contribution is 2.15. The van der Waals surface area contributed by atoms with Gasteiger partial charge >= 0.3 is 17.9 Å². The Balaban J connectivity index is 4.31. The second-order valence-corrected chi connectivity index (χ2v) is 16.7. The van der Waals surface area contributed by atoms with Crippen molar-refractivity contribution in [3.63, 3.8) is 0 Å². The molecule has 0 heterocycles. The first-order valence-electron chi connectivity index (χ1n) is 23.5. The van der Waals surface area contributed by atoms with Crippen LogP contribution in [0, 0.1) is 0 Å². The second kappa shape index (κ2) is 41.5. The van der Waals surface area contributed by atoms with Gasteiger partial charge in [0, 0.05) is 19.3 Å². The molecular formula is C51H88NO7+. The van der Waals surface area contributed by atoms with Gasteiger partial charge in [-0.3, -0.25) is 9.59 Å². The third kappa shape index (κ3) is 40.0. The monoisotopic (exact) mass is 827 g/mol. The Morgan fingerprint density at radius 1 is 0.525 bits per heavy atom. The van der Waals surface area contributed by atoms with Crippen molar-refractivity contribution >= 4 is 17.9 Å². The fraction of sp³-hybridized carbons (Fsp3) is 0.706. The summed E-state index contributed by atoms with van der Waals surface area (Å²) in [4.78, 5) is 37.1. The zero-order valence-corrected chi connectivity index (χ0v) is 38.4. The van der Waals surface area contributed by atoms with Gasteiger partial charge in [0.1, 0.15) is 6.61 Å². The zero-order valence-electron chi connectivity index (χ0n) is 38.4. The van der Waals surface area contributed by atoms with E-state index in [9.17, 15) is 19.5 Å². The predicted molar refractivity (Wildman–Crippen MR) is 247 cm³/mol. The first-order chi connectivity index (χ1) is 28.6. The van der Waals surface area contributed by atoms with E-state index in [0.717, 1.165) is 70.6 Å². The van der Waals surface area contributed by atoms with Crippen LogP contribution in [0.1, 0.15) is 181 Å². The van der Waals surface area contributed by atoms with Crippen molar-refractivity contribution in [1.82, 2.24) is 0 Å². The van der Waals surface area contributed by atoms with Gasteiger partial charge in [-0.05, 0) is 64.2 Å². The molecule has 0 bridgehead atoms. The lowest BCUT2D eigenvalue weighted by Gasteiger charge is -2.31. The summed E-state index contributed by atoms with van der Waals surface area (Å²) in [5, 5.41) is 9.63. The molecule has 0 aromatic heterocycles. The summed E-state index contributed by atoms with van der Waals surface area (Å²) >= 11 is 0. The number of allylic oxidation sites excluding steroid dienone is 12. The van der Waals surface area contributed by atoms with Crippen molar-refractivity contribution in [3.8, 4) is 0 Å². The first-order valence-corrected chi connectivity index (χ1v) is 23.5. The molecule has 0 rings (SSSR count). The summed E-state index contributed by atoms with van der Waals surface area (Å²) in [5.41, 5.74) is 0. The normalized spacial score (nSPS) is 13.6. The van der Waals surface area contributed by atoms with E-state index in [4.69, 9.17) is 14.2 Å². The highest BCUT2D eigenvalue weighted by molar-refractivity contribution is 5.72. The Morgan fingerprint density at radius 3 is 1.51 bits per heavy atom. The molecule has 0 amide bonds. The lowest BCUT2D eigenvalue weighted by atomic mass is 10.0. The largest absolute Gasteiger partial charge is 0.477 e. The van der Waals surface area contributed by atoms with E-state index >= 15 is 0 Å². The smallest absolute Gasteiger partial charge is 0.362 e. The number of unbranched alkanes of at least 4 members (excludes halogenated alkanes) is 17. The van der Waals surface area contributed by atoms with E-state index in [0.29, 0.717) is 19.3 Å². The van der Waals surface area contributed by atoms with E-state index in [2.05, 4.69) is 86.8 Å². The molecule has 0 radical (unpaired) electrons. The van der Waals surface area contributed by atoms with Gasteiger partial charge in [-0.1, -0.05) is 170 Å². The summed E-state index contributed by atoms with van der Waals surface area (Å²) in [6, 6.07) is -0.620. The molecular weight excluding hydrogens is 739 g/mol. The van der Waals surface area contributed by atoms with Crippen molar-refractivity contribution in [1.29, 1.82) is 0 Å². The van der Waals surface area contributed by atoms with Gasteiger partial charge in [-0.15, -0.1) is 0 Å². The fourth-order valence-electron chi connectivity index (χ4n) is 6.58. The van der Waals surface area contributed by atoms with Crippen LogP contribution in [0.4, 0.5) is 0 Å². The SMILES string of the molecule is CC/C=C/C=C/C=C/CCCCCCCCCC(=O)OCC(COCCC(C(=O)O)[N+](C)(C)C)OC(=O)CCCCCCCCCCCC/C=C/C/C=C/C/C=C/CC. The number of nitrogens with zero attached hydrogens (tertiary/aromatic N) is 1. The van der Waals surface area contributed by atoms with Crippen LogP contribution < -0.4 is 0 Å². The number of carbonyl (C=O) groups excluding carboxylic acids is 2. The molecule has 0 aromatic rings. The summed E-state index contributed by atoms with van der Waals surface area (Å²) < 4.78 is 17.3. The molecule has 0 aliphatic carbocycles. The van der Waals surface area contributed by atoms with E-state index in [1.54, 1.807) is 0 Å². The number of rotatable bonds is 41. The summed E-state index contributed by atoms with van der Waals surface area (Å²) in [6.45, 7) is 4.48. The molecule has 2 unspecified atom stereocenters. The van der Waals surface area contributed by atoms with Crippen molar-refractivity contribution < 1.29 is 38.2 Å². The standard InChI is InChI=1S/C51H87NO7/c1-6-8-10-12-14-16-18-20-22-23-24-25-26-28-30-32-34-36-38-40-42-50(54)59-47(45-57-44-43-48(51(55)56)52(3,4)5)46-58-49(53)41-39-37-35-33-31-29-27-21-19-17-15-13-11-9-7-2/h8-11,13-17,19-20,22,47-48H,6-7,12,18,21,23-46H2,1-5H3/p+1/b10-8+,11-9+,15-13+,16-14+,19-17+,22-20+. The second-order valence-electron chi connectivity index (χ2n) is 16.7. The maximum Gasteiger partial charge on any atom is 0.362 e. The lowest BCUT2D eigenvalue weighted by molar-refractivity contribution is -0.887. The van der Waals surface area contributed by atoms with Crippen LogP contribution in [0.25, 0.3) is 0 Å². The molecule has 8 nitrogen and oxygen atoms in total. The average Bonchev–Trinajstić information content (AvgIpc) is 3.19. The van der Waals surface area contributed by atoms with Crippen molar-refractivity contribution in [2.45, 2.75) is 193 Å². The van der Waals surface area contributed by atoms with Gasteiger partial charge in [0.2, 0.25) is 0 Å². The van der Waals surface area contributed by atoms with Gasteiger partial charge in [0.05, 0.1) is 34.4 Å². The van der Waals surface area contributed by atoms with Crippen LogP contribution in [-0.4, -0.2) is 80.6 Å². The molecule has 59 heavy (non-hydrogen) atoms. The fourth-order valence-corrected chi connectivity index (χ4v) is 6.58. The van der Waals surface area contributed by atoms with Gasteiger partial charge in [0.15, 0.2) is 12.1 Å². The van der Waals surface area contributed by atoms with E-state index < -0.39 is 18.1 Å². The predicted octanol–water partition coefficient (Wildman–Crippen LogP) is 13.1. The average molecular weight is 827 g/mol. The molecule has 0 aliphatic rings. The van der Waals surface area contributed by atoms with E-state index in [1.807, 2.05) is 21.1 Å². The number of likely N-dealkylation sites (N-methyl/N-ethyl adjacent to an activating group) is 1. The zero-order chi connectivity index (χ0) is 43.5. The highest BCUT2D eigenvalue weighted by Gasteiger charge is 2.31. The number of aliphatic carboxylic acids is 1. The Kier molecular flexibility index (Phi) is 39.2. The molecule has 0 aliphatic heterocycles. The van der Waals surface area contributed by atoms with Crippen LogP contribution in [0.2, 0.25) is 0 Å². The molecule has 2 atom stereocenters. The Labute approximate surface area is 361 Å². The third-order valence-electron chi connectivity index (χ3n) is 10.2. The van der Waals surface area contributed by atoms with Crippen molar-refractivity contribution in [2.24, 2.45) is 0 Å². The highest BCUT2D eigenvalue weighted by atomic mass is 16.6. The van der Waals surface area contributed by atoms with Gasteiger partial charge in [0.25, 0.3) is 0 Å². The Morgan fingerprint density at radius 2 is 0.983 bits per heavy atom. The third-order valence-corrected chi connectivity index (χ3v) is 10.2. The lowest BCUT2D eigenvalue weighted by Crippen LogP contribution is -2.50. The summed E-state index contributed by atoms with van der Waals surface area (Å²) in [6.07, 6.45) is 52.3. The molecule has 1 N–H and O–H groups in total. The van der Waals surface area contributed by atoms with Crippen LogP contribution in [0.5, 0.6) is 0 Å². The number of carbonyl (C=O) groups is 3. The molecule has 0 aromatic carbocycles. The molecule has 0 saturated carbocycles. The number of hydrogen-bond acceptors (Lipinski definition) is 6. The van der Waals surface area contributed by atoms with Crippen LogP contribution >= 0.6 is 0 Å². The maximum atomic E-state index is 12.8. The van der Waals surface area contributed by atoms with Crippen LogP contribution in [0.3, 0.4) is 0 Å². The van der Waals surface area contributed by atoms with Crippen LogP contribution in [0.15, 0.2) is 72.9 Å². The number of ether oxygens (including phenoxy) is 3. The first kappa shape index (κ1) is 55.8. The maximum absolute atomic E-state index is 12.8. The topological polar surface area (TPSA) is 99.1 Å². The minimum Gasteiger partial charge on any atom is -0.477 e. The van der Waals surface area contributed by atoms with Crippen LogP contribution in [-0.2, 0) is 28.6 Å². The number of hydrogen-bond donors (Lipinski definition) is 1. The van der Waals surface area contributed by atoms with E-state index in [1.165, 1.54) is 77.0 Å².